The largest absolute Gasteiger partial charge is 0.381 e. The molecule has 5 aliphatic rings. The topological polar surface area (TPSA) is 109 Å². The van der Waals surface area contributed by atoms with Crippen molar-refractivity contribution in [2.24, 2.45) is 10.8 Å². The van der Waals surface area contributed by atoms with Crippen LogP contribution in [0.3, 0.4) is 0 Å². The number of nitrogens with one attached hydrogen (secondary N) is 1. The fourth-order valence-electron chi connectivity index (χ4n) is 9.93. The fourth-order valence-corrected chi connectivity index (χ4v) is 9.93. The number of imidazole rings is 1. The van der Waals surface area contributed by atoms with E-state index in [0.717, 1.165) is 66.6 Å². The molecule has 55 heavy (non-hydrogen) atoms. The lowest BCUT2D eigenvalue weighted by Gasteiger charge is -2.47. The van der Waals surface area contributed by atoms with Gasteiger partial charge in [-0.2, -0.15) is 0 Å². The number of benzene rings is 1. The summed E-state index contributed by atoms with van der Waals surface area (Å²) in [6, 6.07) is 10.6. The zero-order valence-electron chi connectivity index (χ0n) is 32.8. The van der Waals surface area contributed by atoms with Gasteiger partial charge >= 0.3 is 0 Å². The summed E-state index contributed by atoms with van der Waals surface area (Å²) in [7, 11) is 0. The second kappa shape index (κ2) is 13.4. The molecule has 11 nitrogen and oxygen atoms in total. The molecular formula is C43H53FN8O3. The molecule has 4 aromatic rings. The molecule has 1 aromatic carbocycles. The Hall–Kier alpha value is -4.42. The highest BCUT2D eigenvalue weighted by atomic mass is 19.1. The van der Waals surface area contributed by atoms with Crippen LogP contribution < -0.4 is 10.2 Å². The first-order valence-corrected chi connectivity index (χ1v) is 20.2. The molecule has 1 aliphatic carbocycles. The van der Waals surface area contributed by atoms with E-state index < -0.39 is 16.6 Å². The van der Waals surface area contributed by atoms with E-state index in [1.54, 1.807) is 18.6 Å². The van der Waals surface area contributed by atoms with E-state index in [1.165, 1.54) is 12.6 Å². The van der Waals surface area contributed by atoms with Crippen molar-refractivity contribution < 1.29 is 18.7 Å². The minimum atomic E-state index is -0.680. The third-order valence-electron chi connectivity index (χ3n) is 13.5. The number of piperidine rings is 1. The monoisotopic (exact) mass is 748 g/mol. The highest BCUT2D eigenvalue weighted by Crippen LogP contribution is 2.53. The number of rotatable bonds is 7. The van der Waals surface area contributed by atoms with E-state index in [-0.39, 0.29) is 29.6 Å². The number of fused-ring (bicyclic) bond motifs is 3. The number of hydrogen-bond donors (Lipinski definition) is 1. The molecule has 290 valence electrons. The van der Waals surface area contributed by atoms with Crippen LogP contribution in [0, 0.1) is 16.6 Å². The van der Waals surface area contributed by atoms with E-state index in [9.17, 15) is 9.18 Å². The minimum absolute atomic E-state index is 0.107. The number of carbonyl (C=O) groups is 2. The highest BCUT2D eigenvalue weighted by Gasteiger charge is 2.56. The summed E-state index contributed by atoms with van der Waals surface area (Å²) in [5, 5.41) is 3.24. The molecule has 9 rings (SSSR count). The molecule has 3 saturated heterocycles. The SMILES string of the molecule is CC(C)n1cnc2cc(-c3ccc4c(c3)N([C@H]3C[C@@H](N5CCC(C)(C)C5)C3)C(=O)C43CCN(C(=O)C4(C)CCOCC4)CC3)nc(Nc3ccncc3F)c21. The van der Waals surface area contributed by atoms with Crippen LogP contribution in [-0.2, 0) is 19.7 Å². The van der Waals surface area contributed by atoms with Crippen LogP contribution in [0.15, 0.2) is 49.1 Å². The van der Waals surface area contributed by atoms with Crippen LogP contribution in [0.5, 0.6) is 0 Å². The van der Waals surface area contributed by atoms with Gasteiger partial charge in [0.15, 0.2) is 11.6 Å². The van der Waals surface area contributed by atoms with Gasteiger partial charge in [-0.25, -0.2) is 14.4 Å². The van der Waals surface area contributed by atoms with Crippen LogP contribution in [-0.4, -0.2) is 92.6 Å². The predicted octanol–water partition coefficient (Wildman–Crippen LogP) is 7.24. The number of hydrogen-bond acceptors (Lipinski definition) is 8. The Labute approximate surface area is 322 Å². The van der Waals surface area contributed by atoms with Gasteiger partial charge in [0.2, 0.25) is 11.8 Å². The van der Waals surface area contributed by atoms with Crippen molar-refractivity contribution in [2.75, 3.05) is 49.6 Å². The normalized spacial score (nSPS) is 24.5. The Kier molecular flexibility index (Phi) is 8.80. The van der Waals surface area contributed by atoms with Crippen molar-refractivity contribution in [3.8, 4) is 11.3 Å². The smallest absolute Gasteiger partial charge is 0.238 e. The minimum Gasteiger partial charge on any atom is -0.381 e. The number of amides is 2. The molecule has 0 unspecified atom stereocenters. The van der Waals surface area contributed by atoms with Gasteiger partial charge < -0.3 is 24.4 Å². The third-order valence-corrected chi connectivity index (χ3v) is 13.5. The van der Waals surface area contributed by atoms with Gasteiger partial charge in [-0.3, -0.25) is 19.5 Å². The summed E-state index contributed by atoms with van der Waals surface area (Å²) >= 11 is 0. The first kappa shape index (κ1) is 36.2. The average Bonchev–Trinajstić information content (AvgIpc) is 3.82. The van der Waals surface area contributed by atoms with Crippen molar-refractivity contribution in [1.82, 2.24) is 29.3 Å². The maximum absolute atomic E-state index is 15.0. The number of pyridine rings is 2. The molecule has 3 aromatic heterocycles. The Balaban J connectivity index is 1.07. The first-order valence-electron chi connectivity index (χ1n) is 20.2. The third kappa shape index (κ3) is 6.11. The van der Waals surface area contributed by atoms with Gasteiger partial charge in [0.25, 0.3) is 0 Å². The van der Waals surface area contributed by atoms with Crippen LogP contribution in [0.25, 0.3) is 22.3 Å². The van der Waals surface area contributed by atoms with Crippen LogP contribution >= 0.6 is 0 Å². The lowest BCUT2D eigenvalue weighted by molar-refractivity contribution is -0.149. The van der Waals surface area contributed by atoms with Gasteiger partial charge in [0, 0.05) is 68.4 Å². The van der Waals surface area contributed by atoms with Gasteiger partial charge in [0.1, 0.15) is 5.52 Å². The van der Waals surface area contributed by atoms with Crippen molar-refractivity contribution in [3.05, 3.63) is 60.4 Å². The molecule has 1 N–H and O–H groups in total. The molecule has 0 atom stereocenters. The lowest BCUT2D eigenvalue weighted by Crippen LogP contribution is -2.58. The van der Waals surface area contributed by atoms with Gasteiger partial charge in [-0.15, -0.1) is 0 Å². The van der Waals surface area contributed by atoms with E-state index in [4.69, 9.17) is 14.7 Å². The van der Waals surface area contributed by atoms with E-state index >= 15 is 4.79 Å². The maximum Gasteiger partial charge on any atom is 0.238 e. The number of ether oxygens (including phenoxy) is 1. The van der Waals surface area contributed by atoms with Gasteiger partial charge in [0.05, 0.1) is 40.3 Å². The molecule has 0 bridgehead atoms. The molecular weight excluding hydrogens is 696 g/mol. The van der Waals surface area contributed by atoms with Gasteiger partial charge in [-0.1, -0.05) is 32.9 Å². The van der Waals surface area contributed by atoms with Gasteiger partial charge in [-0.05, 0) is 94.5 Å². The Morgan fingerprint density at radius 1 is 0.982 bits per heavy atom. The number of carbonyl (C=O) groups excluding carboxylic acids is 2. The van der Waals surface area contributed by atoms with E-state index in [2.05, 4.69) is 72.9 Å². The van der Waals surface area contributed by atoms with Crippen LogP contribution in [0.1, 0.15) is 91.2 Å². The summed E-state index contributed by atoms with van der Waals surface area (Å²) in [4.78, 5) is 49.4. The average molecular weight is 749 g/mol. The second-order valence-electron chi connectivity index (χ2n) is 18.1. The molecule has 4 aliphatic heterocycles. The van der Waals surface area contributed by atoms with E-state index in [1.807, 2.05) is 15.5 Å². The molecule has 1 spiro atoms. The second-order valence-corrected chi connectivity index (χ2v) is 18.1. The fraction of sp³-hybridized carbons (Fsp3) is 0.558. The molecule has 7 heterocycles. The number of likely N-dealkylation sites (tertiary alicyclic amines) is 2. The van der Waals surface area contributed by atoms with Crippen molar-refractivity contribution in [1.29, 1.82) is 0 Å². The van der Waals surface area contributed by atoms with Crippen molar-refractivity contribution in [2.45, 2.75) is 103 Å². The molecule has 2 amide bonds. The zero-order valence-corrected chi connectivity index (χ0v) is 32.8. The Bertz CT molecular complexity index is 2140. The standard InChI is InChI=1S/C43H53FN8O3/c1-27(2)51-26-46-35-23-34(48-38(37(35)51)47-33-8-14-45-24-32(33)44)28-6-7-31-36(20-28)52(30-21-29(22-30)50-15-9-41(3,4)25-50)40(54)43(31)10-16-49(17-11-43)39(53)42(5)12-18-55-19-13-42/h6-8,14,20,23-24,26-27,29-30H,9-13,15-19,21-22,25H2,1-5H3,(H,45,47,48)/t29-,30+. The van der Waals surface area contributed by atoms with E-state index in [0.29, 0.717) is 62.1 Å². The number of nitrogens with zero attached hydrogens (tertiary/aromatic N) is 7. The summed E-state index contributed by atoms with van der Waals surface area (Å²) in [6.07, 6.45) is 10.3. The van der Waals surface area contributed by atoms with Crippen LogP contribution in [0.2, 0.25) is 0 Å². The van der Waals surface area contributed by atoms with Crippen LogP contribution in [0.4, 0.5) is 21.6 Å². The number of halogens is 1. The summed E-state index contributed by atoms with van der Waals surface area (Å²) < 4.78 is 22.5. The molecule has 1 saturated carbocycles. The Morgan fingerprint density at radius 2 is 1.75 bits per heavy atom. The van der Waals surface area contributed by atoms with Crippen molar-refractivity contribution >= 4 is 40.0 Å². The zero-order chi connectivity index (χ0) is 38.3. The maximum atomic E-state index is 15.0. The number of aromatic nitrogens is 4. The quantitative estimate of drug-likeness (QED) is 0.211. The molecule has 12 heteroatoms. The lowest BCUT2D eigenvalue weighted by atomic mass is 9.72. The first-order chi connectivity index (χ1) is 26.4. The summed E-state index contributed by atoms with van der Waals surface area (Å²) in [5.41, 5.74) is 4.59. The predicted molar refractivity (Wildman–Crippen MR) is 211 cm³/mol. The molecule has 0 radical (unpaired) electrons. The highest BCUT2D eigenvalue weighted by molar-refractivity contribution is 6.09. The van der Waals surface area contributed by atoms with Crippen molar-refractivity contribution in [3.63, 3.8) is 0 Å². The molecule has 4 fully saturated rings. The summed E-state index contributed by atoms with van der Waals surface area (Å²) in [6.45, 7) is 15.5. The Morgan fingerprint density at radius 3 is 2.44 bits per heavy atom. The summed E-state index contributed by atoms with van der Waals surface area (Å²) in [5.74, 6) is 0.390. The number of anilines is 3.